The molecule has 0 unspecified atom stereocenters. The quantitative estimate of drug-likeness (QED) is 0.614. The lowest BCUT2D eigenvalue weighted by atomic mass is 10.1. The van der Waals surface area contributed by atoms with Gasteiger partial charge in [-0.1, -0.05) is 18.6 Å². The van der Waals surface area contributed by atoms with Gasteiger partial charge < -0.3 is 10.6 Å². The number of aryl methyl sites for hydroxylation is 1. The molecular formula is C20H26ClN5O3. The Bertz CT molecular complexity index is 1070. The lowest BCUT2D eigenvalue weighted by Gasteiger charge is -2.16. The number of aromatic nitrogens is 3. The molecule has 0 radical (unpaired) electrons. The molecule has 1 aliphatic carbocycles. The maximum Gasteiger partial charge on any atom is 0.329 e. The van der Waals surface area contributed by atoms with Crippen molar-refractivity contribution in [2.75, 3.05) is 19.6 Å². The van der Waals surface area contributed by atoms with Crippen molar-refractivity contribution in [2.24, 2.45) is 0 Å². The Morgan fingerprint density at radius 3 is 2.79 bits per heavy atom. The summed E-state index contributed by atoms with van der Waals surface area (Å²) in [5, 5.41) is 6.37. The van der Waals surface area contributed by atoms with Crippen molar-refractivity contribution in [3.63, 3.8) is 0 Å². The van der Waals surface area contributed by atoms with Gasteiger partial charge in [0.2, 0.25) is 0 Å². The fraction of sp³-hybridized carbons (Fsp3) is 0.500. The fourth-order valence-electron chi connectivity index (χ4n) is 3.61. The number of hydrogen-bond acceptors (Lipinski definition) is 5. The Labute approximate surface area is 174 Å². The topological polar surface area (TPSA) is 109 Å². The monoisotopic (exact) mass is 419 g/mol. The molecule has 0 aromatic carbocycles. The van der Waals surface area contributed by atoms with Crippen LogP contribution >= 0.6 is 12.4 Å². The largest absolute Gasteiger partial charge is 0.348 e. The number of hydrogen-bond donors (Lipinski definition) is 3. The summed E-state index contributed by atoms with van der Waals surface area (Å²) in [5.41, 5.74) is 1.52. The van der Waals surface area contributed by atoms with Gasteiger partial charge in [-0.3, -0.25) is 19.1 Å². The van der Waals surface area contributed by atoms with Crippen molar-refractivity contribution in [2.45, 2.75) is 45.1 Å². The molecule has 8 nitrogen and oxygen atoms in total. The second-order valence-corrected chi connectivity index (χ2v) is 7.48. The third-order valence-electron chi connectivity index (χ3n) is 5.29. The van der Waals surface area contributed by atoms with Crippen LogP contribution in [0.3, 0.4) is 0 Å². The lowest BCUT2D eigenvalue weighted by Crippen LogP contribution is -2.34. The van der Waals surface area contributed by atoms with Crippen LogP contribution in [0.4, 0.5) is 0 Å². The van der Waals surface area contributed by atoms with Crippen LogP contribution in [0.5, 0.6) is 0 Å². The zero-order valence-electron chi connectivity index (χ0n) is 16.4. The zero-order valence-corrected chi connectivity index (χ0v) is 17.2. The van der Waals surface area contributed by atoms with E-state index < -0.39 is 11.2 Å². The predicted molar refractivity (Wildman–Crippen MR) is 114 cm³/mol. The smallest absolute Gasteiger partial charge is 0.329 e. The molecule has 2 aromatic heterocycles. The van der Waals surface area contributed by atoms with Gasteiger partial charge in [-0.2, -0.15) is 0 Å². The molecule has 3 N–H and O–H groups in total. The van der Waals surface area contributed by atoms with E-state index in [9.17, 15) is 14.4 Å². The van der Waals surface area contributed by atoms with Gasteiger partial charge >= 0.3 is 5.69 Å². The first-order chi connectivity index (χ1) is 13.6. The predicted octanol–water partition coefficient (Wildman–Crippen LogP) is 1.44. The highest BCUT2D eigenvalue weighted by atomic mass is 35.5. The second kappa shape index (κ2) is 8.92. The third-order valence-corrected chi connectivity index (χ3v) is 5.29. The van der Waals surface area contributed by atoms with Crippen LogP contribution in [0.25, 0.3) is 11.0 Å². The van der Waals surface area contributed by atoms with E-state index in [-0.39, 0.29) is 23.7 Å². The molecule has 1 aliphatic heterocycles. The summed E-state index contributed by atoms with van der Waals surface area (Å²) < 4.78 is 1.47. The van der Waals surface area contributed by atoms with Crippen molar-refractivity contribution in [1.29, 1.82) is 0 Å². The molecule has 0 bridgehead atoms. The Hall–Kier alpha value is -2.45. The van der Waals surface area contributed by atoms with E-state index in [2.05, 4.69) is 26.7 Å². The molecule has 156 valence electrons. The minimum absolute atomic E-state index is 0. The second-order valence-electron chi connectivity index (χ2n) is 7.48. The van der Waals surface area contributed by atoms with Crippen molar-refractivity contribution >= 4 is 29.3 Å². The molecule has 3 heterocycles. The first-order valence-corrected chi connectivity index (χ1v) is 9.93. The summed E-state index contributed by atoms with van der Waals surface area (Å²) >= 11 is 0. The first kappa shape index (κ1) is 21.3. The lowest BCUT2D eigenvalue weighted by molar-refractivity contribution is 0.0958. The molecule has 1 fully saturated rings. The molecule has 1 saturated carbocycles. The highest BCUT2D eigenvalue weighted by Crippen LogP contribution is 2.39. The van der Waals surface area contributed by atoms with Crippen LogP contribution < -0.4 is 21.9 Å². The van der Waals surface area contributed by atoms with Gasteiger partial charge in [0, 0.05) is 31.2 Å². The molecule has 29 heavy (non-hydrogen) atoms. The number of halogens is 1. The van der Waals surface area contributed by atoms with E-state index in [4.69, 9.17) is 0 Å². The standard InChI is InChI=1S/C20H25N5O3.ClH/c1-2-9-25-17-16(19(27)24-20(25)28)14(10-15(23-17)13-3-4-13)18(26)22-11-12-5-7-21-8-6-12;/h5,10,13,21H,2-4,6-9,11H2,1H3,(H,22,26)(H,24,27,28);1H. The average Bonchev–Trinajstić information content (AvgIpc) is 3.54. The van der Waals surface area contributed by atoms with Crippen LogP contribution in [-0.4, -0.2) is 40.1 Å². The molecule has 1 amide bonds. The molecule has 2 aromatic rings. The summed E-state index contributed by atoms with van der Waals surface area (Å²) in [5.74, 6) is -0.00604. The van der Waals surface area contributed by atoms with Crippen molar-refractivity contribution in [1.82, 2.24) is 25.2 Å². The number of fused-ring (bicyclic) bond motifs is 1. The van der Waals surface area contributed by atoms with Crippen LogP contribution in [-0.2, 0) is 6.54 Å². The van der Waals surface area contributed by atoms with Crippen molar-refractivity contribution in [3.8, 4) is 0 Å². The summed E-state index contributed by atoms with van der Waals surface area (Å²) in [4.78, 5) is 44.8. The molecule has 4 rings (SSSR count). The zero-order chi connectivity index (χ0) is 19.7. The van der Waals surface area contributed by atoms with Crippen LogP contribution in [0.15, 0.2) is 27.3 Å². The third kappa shape index (κ3) is 4.43. The van der Waals surface area contributed by atoms with E-state index in [0.29, 0.717) is 30.2 Å². The van der Waals surface area contributed by atoms with Crippen molar-refractivity contribution in [3.05, 3.63) is 49.8 Å². The minimum atomic E-state index is -0.562. The van der Waals surface area contributed by atoms with Gasteiger partial charge in [0.05, 0.1) is 10.9 Å². The first-order valence-electron chi connectivity index (χ1n) is 9.93. The summed E-state index contributed by atoms with van der Waals surface area (Å²) in [6.07, 6.45) is 5.72. The Balaban J connectivity index is 0.00000240. The van der Waals surface area contributed by atoms with E-state index >= 15 is 0 Å². The number of nitrogens with zero attached hydrogens (tertiary/aromatic N) is 2. The number of carbonyl (C=O) groups is 1. The maximum absolute atomic E-state index is 13.0. The fourth-order valence-corrected chi connectivity index (χ4v) is 3.61. The van der Waals surface area contributed by atoms with Gasteiger partial charge in [-0.15, -0.1) is 12.4 Å². The van der Waals surface area contributed by atoms with Gasteiger partial charge in [0.15, 0.2) is 5.65 Å². The highest BCUT2D eigenvalue weighted by molar-refractivity contribution is 6.05. The van der Waals surface area contributed by atoms with Gasteiger partial charge in [0.25, 0.3) is 11.5 Å². The number of pyridine rings is 1. The molecule has 0 atom stereocenters. The number of amides is 1. The van der Waals surface area contributed by atoms with E-state index in [1.807, 2.05) is 6.92 Å². The van der Waals surface area contributed by atoms with E-state index in [0.717, 1.165) is 44.5 Å². The van der Waals surface area contributed by atoms with Crippen LogP contribution in [0.1, 0.15) is 54.6 Å². The molecule has 2 aliphatic rings. The SMILES string of the molecule is CCCn1c(=O)[nH]c(=O)c2c(C(=O)NCC3=CCNCC3)cc(C3CC3)nc21.Cl. The van der Waals surface area contributed by atoms with E-state index in [1.165, 1.54) is 10.1 Å². The van der Waals surface area contributed by atoms with Gasteiger partial charge in [-0.05, 0) is 38.3 Å². The summed E-state index contributed by atoms with van der Waals surface area (Å²) in [7, 11) is 0. The summed E-state index contributed by atoms with van der Waals surface area (Å²) in [6.45, 7) is 4.55. The van der Waals surface area contributed by atoms with Crippen LogP contribution in [0.2, 0.25) is 0 Å². The molecule has 0 saturated heterocycles. The summed E-state index contributed by atoms with van der Waals surface area (Å²) in [6, 6.07) is 1.72. The van der Waals surface area contributed by atoms with Crippen LogP contribution in [0, 0.1) is 0 Å². The number of nitrogens with one attached hydrogen (secondary N) is 3. The normalized spacial score (nSPS) is 16.2. The van der Waals surface area contributed by atoms with Gasteiger partial charge in [-0.25, -0.2) is 9.78 Å². The van der Waals surface area contributed by atoms with Crippen molar-refractivity contribution < 1.29 is 4.79 Å². The average molecular weight is 420 g/mol. The van der Waals surface area contributed by atoms with Gasteiger partial charge in [0.1, 0.15) is 0 Å². The maximum atomic E-state index is 13.0. The molecular weight excluding hydrogens is 394 g/mol. The number of aromatic amines is 1. The molecule has 9 heteroatoms. The Morgan fingerprint density at radius 1 is 1.34 bits per heavy atom. The number of H-pyrrole nitrogens is 1. The number of carbonyl (C=O) groups excluding carboxylic acids is 1. The Kier molecular flexibility index (Phi) is 6.54. The minimum Gasteiger partial charge on any atom is -0.348 e. The Morgan fingerprint density at radius 2 is 2.14 bits per heavy atom. The highest BCUT2D eigenvalue weighted by Gasteiger charge is 2.28. The number of rotatable bonds is 6. The molecule has 0 spiro atoms. The van der Waals surface area contributed by atoms with E-state index in [1.54, 1.807) is 6.07 Å².